The molecule has 0 fully saturated rings. The first-order valence-electron chi connectivity index (χ1n) is 3.73. The third-order valence-corrected chi connectivity index (χ3v) is 1.77. The Bertz CT molecular complexity index is 302. The molecule has 1 N–H and O–H groups in total. The fourth-order valence-electron chi connectivity index (χ4n) is 1.20. The van der Waals surface area contributed by atoms with Crippen LogP contribution in [-0.2, 0) is 0 Å². The van der Waals surface area contributed by atoms with Crippen LogP contribution in [0.3, 0.4) is 0 Å². The van der Waals surface area contributed by atoms with Gasteiger partial charge < -0.3 is 5.32 Å². The molecule has 1 aromatic carbocycles. The number of fused-ring (bicyclic) bond motifs is 1. The Balaban J connectivity index is 2.53. The SMILES string of the molecule is Cc1ccc2c(c1)NCC=N2. The molecule has 0 atom stereocenters. The normalized spacial score (nSPS) is 13.9. The minimum absolute atomic E-state index is 0.844. The fourth-order valence-corrected chi connectivity index (χ4v) is 1.20. The third-order valence-electron chi connectivity index (χ3n) is 1.77. The van der Waals surface area contributed by atoms with Crippen LogP contribution in [0.2, 0.25) is 0 Å². The van der Waals surface area contributed by atoms with Crippen LogP contribution >= 0.6 is 0 Å². The first-order chi connectivity index (χ1) is 5.36. The zero-order valence-corrected chi connectivity index (χ0v) is 6.46. The van der Waals surface area contributed by atoms with E-state index < -0.39 is 0 Å². The van der Waals surface area contributed by atoms with Crippen LogP contribution in [0.25, 0.3) is 0 Å². The molecule has 1 heterocycles. The second-order valence-corrected chi connectivity index (χ2v) is 2.71. The minimum atomic E-state index is 0.844. The molecule has 0 saturated heterocycles. The summed E-state index contributed by atoms with van der Waals surface area (Å²) in [6.45, 7) is 2.93. The van der Waals surface area contributed by atoms with Gasteiger partial charge in [0.25, 0.3) is 0 Å². The summed E-state index contributed by atoms with van der Waals surface area (Å²) in [5.41, 5.74) is 3.46. The molecule has 2 rings (SSSR count). The number of benzene rings is 1. The quantitative estimate of drug-likeness (QED) is 0.595. The molecule has 1 aromatic rings. The van der Waals surface area contributed by atoms with Gasteiger partial charge in [0.2, 0.25) is 0 Å². The second-order valence-electron chi connectivity index (χ2n) is 2.71. The van der Waals surface area contributed by atoms with E-state index in [9.17, 15) is 0 Å². The van der Waals surface area contributed by atoms with Gasteiger partial charge in [-0.15, -0.1) is 0 Å². The zero-order valence-electron chi connectivity index (χ0n) is 6.46. The average Bonchev–Trinajstić information content (AvgIpc) is 2.04. The number of rotatable bonds is 0. The van der Waals surface area contributed by atoms with Gasteiger partial charge in [-0.2, -0.15) is 0 Å². The van der Waals surface area contributed by atoms with Gasteiger partial charge in [0.05, 0.1) is 17.9 Å². The predicted molar refractivity (Wildman–Crippen MR) is 47.8 cm³/mol. The average molecular weight is 146 g/mol. The van der Waals surface area contributed by atoms with Crippen LogP contribution in [0, 0.1) is 6.92 Å². The Morgan fingerprint density at radius 2 is 2.36 bits per heavy atom. The van der Waals surface area contributed by atoms with Crippen molar-refractivity contribution in [3.05, 3.63) is 23.8 Å². The summed E-state index contributed by atoms with van der Waals surface area (Å²) in [5, 5.41) is 3.25. The van der Waals surface area contributed by atoms with E-state index >= 15 is 0 Å². The first kappa shape index (κ1) is 6.40. The summed E-state index contributed by atoms with van der Waals surface area (Å²) in [6.07, 6.45) is 1.89. The number of aliphatic imine (C=N–C) groups is 1. The van der Waals surface area contributed by atoms with E-state index in [4.69, 9.17) is 0 Å². The van der Waals surface area contributed by atoms with E-state index in [1.165, 1.54) is 5.56 Å². The lowest BCUT2D eigenvalue weighted by Gasteiger charge is -2.11. The Morgan fingerprint density at radius 3 is 3.27 bits per heavy atom. The summed E-state index contributed by atoms with van der Waals surface area (Å²) in [7, 11) is 0. The van der Waals surface area contributed by atoms with Gasteiger partial charge in [-0.3, -0.25) is 4.99 Å². The number of aryl methyl sites for hydroxylation is 1. The largest absolute Gasteiger partial charge is 0.378 e. The molecule has 0 aliphatic carbocycles. The van der Waals surface area contributed by atoms with Crippen LogP contribution in [0.15, 0.2) is 23.2 Å². The van der Waals surface area contributed by atoms with Gasteiger partial charge in [-0.05, 0) is 24.6 Å². The first-order valence-corrected chi connectivity index (χ1v) is 3.73. The summed E-state index contributed by atoms with van der Waals surface area (Å²) >= 11 is 0. The van der Waals surface area contributed by atoms with E-state index in [2.05, 4.69) is 29.4 Å². The molecule has 1 aliphatic heterocycles. The van der Waals surface area contributed by atoms with Crippen LogP contribution in [0.4, 0.5) is 11.4 Å². The summed E-state index contributed by atoms with van der Waals surface area (Å²) in [5.74, 6) is 0. The standard InChI is InChI=1S/C9H10N2/c1-7-2-3-8-9(6-7)11-5-4-10-8/h2-4,6,11H,5H2,1H3. The van der Waals surface area contributed by atoms with Crippen molar-refractivity contribution in [2.75, 3.05) is 11.9 Å². The molecule has 2 heteroatoms. The zero-order chi connectivity index (χ0) is 7.68. The summed E-state index contributed by atoms with van der Waals surface area (Å²) in [4.78, 5) is 4.25. The molecular weight excluding hydrogens is 136 g/mol. The molecule has 0 amide bonds. The summed E-state index contributed by atoms with van der Waals surface area (Å²) in [6, 6.07) is 6.22. The lowest BCUT2D eigenvalue weighted by atomic mass is 10.2. The van der Waals surface area contributed by atoms with Gasteiger partial charge >= 0.3 is 0 Å². The van der Waals surface area contributed by atoms with Gasteiger partial charge in [0, 0.05) is 6.21 Å². The molecular formula is C9H10N2. The van der Waals surface area contributed by atoms with Gasteiger partial charge in [-0.1, -0.05) is 6.07 Å². The van der Waals surface area contributed by atoms with E-state index in [0.29, 0.717) is 0 Å². The molecule has 2 nitrogen and oxygen atoms in total. The van der Waals surface area contributed by atoms with Crippen molar-refractivity contribution in [1.82, 2.24) is 0 Å². The monoisotopic (exact) mass is 146 g/mol. The van der Waals surface area contributed by atoms with Crippen LogP contribution < -0.4 is 5.32 Å². The molecule has 0 spiro atoms. The van der Waals surface area contributed by atoms with E-state index in [0.717, 1.165) is 17.9 Å². The highest BCUT2D eigenvalue weighted by atomic mass is 15.0. The molecule has 0 radical (unpaired) electrons. The van der Waals surface area contributed by atoms with Crippen LogP contribution in [0.1, 0.15) is 5.56 Å². The highest BCUT2D eigenvalue weighted by molar-refractivity contribution is 5.80. The van der Waals surface area contributed by atoms with Gasteiger partial charge in [-0.25, -0.2) is 0 Å². The molecule has 0 saturated carbocycles. The van der Waals surface area contributed by atoms with Gasteiger partial charge in [0.15, 0.2) is 0 Å². The maximum absolute atomic E-state index is 4.25. The lowest BCUT2D eigenvalue weighted by molar-refractivity contribution is 1.31. The van der Waals surface area contributed by atoms with Gasteiger partial charge in [0.1, 0.15) is 0 Å². The summed E-state index contributed by atoms with van der Waals surface area (Å²) < 4.78 is 0. The van der Waals surface area contributed by atoms with Crippen molar-refractivity contribution in [2.24, 2.45) is 4.99 Å². The molecule has 0 aromatic heterocycles. The predicted octanol–water partition coefficient (Wildman–Crippen LogP) is 2.12. The maximum atomic E-state index is 4.25. The smallest absolute Gasteiger partial charge is 0.0858 e. The molecule has 11 heavy (non-hydrogen) atoms. The third kappa shape index (κ3) is 1.11. The van der Waals surface area contributed by atoms with Crippen molar-refractivity contribution in [3.8, 4) is 0 Å². The van der Waals surface area contributed by atoms with Crippen LogP contribution in [-0.4, -0.2) is 12.8 Å². The topological polar surface area (TPSA) is 24.4 Å². The van der Waals surface area contributed by atoms with E-state index in [-0.39, 0.29) is 0 Å². The number of nitrogens with zero attached hydrogens (tertiary/aromatic N) is 1. The number of hydrogen-bond donors (Lipinski definition) is 1. The second kappa shape index (κ2) is 2.38. The number of hydrogen-bond acceptors (Lipinski definition) is 2. The Kier molecular flexibility index (Phi) is 1.39. The van der Waals surface area contributed by atoms with Crippen molar-refractivity contribution in [3.63, 3.8) is 0 Å². The molecule has 0 bridgehead atoms. The fraction of sp³-hybridized carbons (Fsp3) is 0.222. The minimum Gasteiger partial charge on any atom is -0.378 e. The van der Waals surface area contributed by atoms with Crippen LogP contribution in [0.5, 0.6) is 0 Å². The molecule has 56 valence electrons. The van der Waals surface area contributed by atoms with E-state index in [1.807, 2.05) is 12.3 Å². The highest BCUT2D eigenvalue weighted by Crippen LogP contribution is 2.26. The Labute approximate surface area is 66.0 Å². The van der Waals surface area contributed by atoms with Crippen molar-refractivity contribution in [1.29, 1.82) is 0 Å². The number of anilines is 1. The lowest BCUT2D eigenvalue weighted by Crippen LogP contribution is -2.06. The molecule has 1 aliphatic rings. The maximum Gasteiger partial charge on any atom is 0.0858 e. The van der Waals surface area contributed by atoms with E-state index in [1.54, 1.807) is 0 Å². The van der Waals surface area contributed by atoms with Crippen molar-refractivity contribution < 1.29 is 0 Å². The highest BCUT2D eigenvalue weighted by Gasteiger charge is 2.02. The van der Waals surface area contributed by atoms with Crippen molar-refractivity contribution in [2.45, 2.75) is 6.92 Å². The molecule has 0 unspecified atom stereocenters. The Hall–Kier alpha value is -1.31. The Morgan fingerprint density at radius 1 is 1.45 bits per heavy atom. The number of nitrogens with one attached hydrogen (secondary N) is 1. The van der Waals surface area contributed by atoms with Crippen molar-refractivity contribution >= 4 is 17.6 Å².